The summed E-state index contributed by atoms with van der Waals surface area (Å²) in [5.41, 5.74) is 0.979. The van der Waals surface area contributed by atoms with Crippen LogP contribution in [-0.2, 0) is 6.42 Å². The zero-order valence-electron chi connectivity index (χ0n) is 17.7. The molecule has 166 valence electrons. The van der Waals surface area contributed by atoms with E-state index in [1.54, 1.807) is 30.6 Å². The number of anilines is 1. The molecule has 2 atom stereocenters. The van der Waals surface area contributed by atoms with Crippen LogP contribution in [0.5, 0.6) is 11.8 Å². The number of hydrogen-bond donors (Lipinski definition) is 0. The summed E-state index contributed by atoms with van der Waals surface area (Å²) in [5, 5.41) is 5.04. The molecule has 2 bridgehead atoms. The van der Waals surface area contributed by atoms with E-state index in [4.69, 9.17) is 16.3 Å². The Kier molecular flexibility index (Phi) is 5.78. The summed E-state index contributed by atoms with van der Waals surface area (Å²) in [5.74, 6) is 3.76. The molecule has 1 aromatic carbocycles. The fourth-order valence-electron chi connectivity index (χ4n) is 4.97. The number of rotatable bonds is 6. The van der Waals surface area contributed by atoms with Gasteiger partial charge in [-0.3, -0.25) is 0 Å². The maximum Gasteiger partial charge on any atom is 0.325 e. The van der Waals surface area contributed by atoms with Crippen LogP contribution in [-0.4, -0.2) is 37.8 Å². The van der Waals surface area contributed by atoms with Crippen molar-refractivity contribution in [1.82, 2.24) is 24.7 Å². The molecule has 3 heterocycles. The van der Waals surface area contributed by atoms with Crippen LogP contribution >= 0.6 is 11.6 Å². The molecule has 3 aromatic rings. The SMILES string of the molecule is Cc1cc(N2CC3CCC(C2)C3Cc2nc(Oc3cccc(Cl)c3)n(C=CF)n2)ncn1. The molecule has 1 saturated heterocycles. The van der Waals surface area contributed by atoms with E-state index in [2.05, 4.69) is 25.0 Å². The second-order valence-electron chi connectivity index (χ2n) is 8.48. The quantitative estimate of drug-likeness (QED) is 0.526. The van der Waals surface area contributed by atoms with Gasteiger partial charge in [0.2, 0.25) is 0 Å². The Labute approximate surface area is 190 Å². The van der Waals surface area contributed by atoms with E-state index in [0.29, 0.717) is 40.7 Å². The van der Waals surface area contributed by atoms with Crippen molar-refractivity contribution in [3.05, 3.63) is 59.5 Å². The molecule has 0 amide bonds. The summed E-state index contributed by atoms with van der Waals surface area (Å²) in [6.45, 7) is 3.92. The van der Waals surface area contributed by atoms with Crippen molar-refractivity contribution in [2.24, 2.45) is 17.8 Å². The van der Waals surface area contributed by atoms with Gasteiger partial charge in [0.15, 0.2) is 5.82 Å². The number of fused-ring (bicyclic) bond motifs is 2. The van der Waals surface area contributed by atoms with Crippen molar-refractivity contribution < 1.29 is 9.13 Å². The number of halogens is 2. The Bertz CT molecular complexity index is 1120. The molecule has 1 aliphatic carbocycles. The average Bonchev–Trinajstić information content (AvgIpc) is 3.23. The monoisotopic (exact) mass is 454 g/mol. The minimum Gasteiger partial charge on any atom is -0.424 e. The molecular weight excluding hydrogens is 431 g/mol. The maximum absolute atomic E-state index is 12.9. The summed E-state index contributed by atoms with van der Waals surface area (Å²) in [4.78, 5) is 15.6. The molecule has 1 aliphatic heterocycles. The van der Waals surface area contributed by atoms with Gasteiger partial charge in [0.1, 0.15) is 24.2 Å². The number of hydrogen-bond acceptors (Lipinski definition) is 6. The van der Waals surface area contributed by atoms with Gasteiger partial charge >= 0.3 is 6.01 Å². The first-order valence-electron chi connectivity index (χ1n) is 10.8. The van der Waals surface area contributed by atoms with Gasteiger partial charge in [-0.1, -0.05) is 17.7 Å². The number of piperidine rings is 1. The van der Waals surface area contributed by atoms with Gasteiger partial charge in [-0.2, -0.15) is 9.67 Å². The van der Waals surface area contributed by atoms with Gasteiger partial charge in [0, 0.05) is 36.3 Å². The Balaban J connectivity index is 1.32. The van der Waals surface area contributed by atoms with Crippen LogP contribution in [0.25, 0.3) is 6.20 Å². The molecule has 32 heavy (non-hydrogen) atoms. The topological polar surface area (TPSA) is 69.0 Å². The molecular formula is C23H24ClFN6O. The van der Waals surface area contributed by atoms with E-state index >= 15 is 0 Å². The number of ether oxygens (including phenoxy) is 1. The van der Waals surface area contributed by atoms with E-state index in [1.807, 2.05) is 13.0 Å². The van der Waals surface area contributed by atoms with Crippen LogP contribution in [0, 0.1) is 24.7 Å². The van der Waals surface area contributed by atoms with Gasteiger partial charge < -0.3 is 9.64 Å². The first kappa shape index (κ1) is 20.9. The van der Waals surface area contributed by atoms with Crippen LogP contribution in [0.3, 0.4) is 0 Å². The minimum atomic E-state index is 0.220. The second-order valence-corrected chi connectivity index (χ2v) is 8.91. The molecule has 9 heteroatoms. The lowest BCUT2D eigenvalue weighted by Gasteiger charge is -2.38. The molecule has 5 rings (SSSR count). The van der Waals surface area contributed by atoms with Crippen molar-refractivity contribution in [2.45, 2.75) is 26.2 Å². The summed E-state index contributed by atoms with van der Waals surface area (Å²) >= 11 is 6.04. The van der Waals surface area contributed by atoms with Gasteiger partial charge in [-0.15, -0.1) is 5.10 Å². The van der Waals surface area contributed by atoms with Crippen molar-refractivity contribution in [3.63, 3.8) is 0 Å². The van der Waals surface area contributed by atoms with Crippen LogP contribution in [0.4, 0.5) is 10.2 Å². The summed E-state index contributed by atoms with van der Waals surface area (Å²) in [6.07, 6.45) is 6.37. The van der Waals surface area contributed by atoms with Gasteiger partial charge in [-0.05, 0) is 55.7 Å². The molecule has 2 unspecified atom stereocenters. The molecule has 0 radical (unpaired) electrons. The highest BCUT2D eigenvalue weighted by Gasteiger charge is 2.42. The molecule has 7 nitrogen and oxygen atoms in total. The lowest BCUT2D eigenvalue weighted by Crippen LogP contribution is -2.43. The third kappa shape index (κ3) is 4.32. The zero-order chi connectivity index (χ0) is 22.1. The van der Waals surface area contributed by atoms with Crippen molar-refractivity contribution in [3.8, 4) is 11.8 Å². The summed E-state index contributed by atoms with van der Waals surface area (Å²) in [7, 11) is 0. The van der Waals surface area contributed by atoms with E-state index in [9.17, 15) is 4.39 Å². The van der Waals surface area contributed by atoms with Gasteiger partial charge in [0.25, 0.3) is 0 Å². The Hall–Kier alpha value is -3.00. The van der Waals surface area contributed by atoms with E-state index < -0.39 is 0 Å². The summed E-state index contributed by atoms with van der Waals surface area (Å²) in [6, 6.07) is 9.27. The third-order valence-electron chi connectivity index (χ3n) is 6.41. The summed E-state index contributed by atoms with van der Waals surface area (Å²) < 4.78 is 20.1. The van der Waals surface area contributed by atoms with Crippen molar-refractivity contribution in [2.75, 3.05) is 18.0 Å². The van der Waals surface area contributed by atoms with Crippen molar-refractivity contribution in [1.29, 1.82) is 0 Å². The highest BCUT2D eigenvalue weighted by molar-refractivity contribution is 6.30. The van der Waals surface area contributed by atoms with E-state index in [0.717, 1.165) is 31.0 Å². The number of aromatic nitrogens is 5. The minimum absolute atomic E-state index is 0.220. The van der Waals surface area contributed by atoms with Crippen molar-refractivity contribution >= 4 is 23.6 Å². The Morgan fingerprint density at radius 3 is 2.72 bits per heavy atom. The molecule has 2 fully saturated rings. The molecule has 1 saturated carbocycles. The normalized spacial score (nSPS) is 22.6. The van der Waals surface area contributed by atoms with E-state index in [-0.39, 0.29) is 6.01 Å². The van der Waals surface area contributed by atoms with Gasteiger partial charge in [0.05, 0.1) is 6.20 Å². The maximum atomic E-state index is 12.9. The third-order valence-corrected chi connectivity index (χ3v) is 6.64. The lowest BCUT2D eigenvalue weighted by atomic mass is 9.82. The largest absolute Gasteiger partial charge is 0.424 e. The predicted octanol–water partition coefficient (Wildman–Crippen LogP) is 4.93. The number of nitrogens with zero attached hydrogens (tertiary/aromatic N) is 6. The molecule has 2 aliphatic rings. The Morgan fingerprint density at radius 1 is 1.19 bits per heavy atom. The fourth-order valence-corrected chi connectivity index (χ4v) is 5.15. The second kappa shape index (κ2) is 8.86. The van der Waals surface area contributed by atoms with Gasteiger partial charge in [-0.25, -0.2) is 14.4 Å². The Morgan fingerprint density at radius 2 is 2.00 bits per heavy atom. The number of benzene rings is 1. The smallest absolute Gasteiger partial charge is 0.325 e. The fraction of sp³-hybridized carbons (Fsp3) is 0.391. The van der Waals surface area contributed by atoms with Crippen LogP contribution in [0.15, 0.2) is 43.0 Å². The highest BCUT2D eigenvalue weighted by atomic mass is 35.5. The standard InChI is InChI=1S/C23H24ClFN6O/c1-15-9-22(27-14-26-15)30-12-16-5-6-17(13-30)20(16)11-21-28-23(31(29-21)8-7-25)32-19-4-2-3-18(24)10-19/h2-4,7-10,14,16-17,20H,5-6,11-13H2,1H3. The molecule has 0 spiro atoms. The molecule has 0 N–H and O–H groups in total. The first-order chi connectivity index (χ1) is 15.6. The van der Waals surface area contributed by atoms with E-state index in [1.165, 1.54) is 23.7 Å². The average molecular weight is 455 g/mol. The van der Waals surface area contributed by atoms with Crippen LogP contribution < -0.4 is 9.64 Å². The molecule has 2 aromatic heterocycles. The lowest BCUT2D eigenvalue weighted by molar-refractivity contribution is 0.264. The first-order valence-corrected chi connectivity index (χ1v) is 11.2. The highest BCUT2D eigenvalue weighted by Crippen LogP contribution is 2.44. The predicted molar refractivity (Wildman–Crippen MR) is 120 cm³/mol. The van der Waals surface area contributed by atoms with Crippen LogP contribution in [0.1, 0.15) is 24.4 Å². The number of aryl methyl sites for hydroxylation is 1. The zero-order valence-corrected chi connectivity index (χ0v) is 18.5. The van der Waals surface area contributed by atoms with Crippen LogP contribution in [0.2, 0.25) is 5.02 Å².